The summed E-state index contributed by atoms with van der Waals surface area (Å²) in [6.45, 7) is 4.44. The second kappa shape index (κ2) is 8.01. The van der Waals surface area contributed by atoms with E-state index in [0.29, 0.717) is 38.6 Å². The number of carbonyl (C=O) groups is 1. The van der Waals surface area contributed by atoms with E-state index in [4.69, 9.17) is 10.5 Å². The molecule has 1 heterocycles. The Morgan fingerprint density at radius 3 is 2.75 bits per heavy atom. The summed E-state index contributed by atoms with van der Waals surface area (Å²) in [5.41, 5.74) is 7.51. The minimum atomic E-state index is 0. The molecule has 0 spiro atoms. The van der Waals surface area contributed by atoms with Gasteiger partial charge in [0.25, 0.3) is 0 Å². The highest BCUT2D eigenvalue weighted by Crippen LogP contribution is 2.08. The Morgan fingerprint density at radius 2 is 2.10 bits per heavy atom. The topological polar surface area (TPSA) is 69.5 Å². The van der Waals surface area contributed by atoms with Crippen molar-refractivity contribution in [2.75, 3.05) is 26.3 Å². The van der Waals surface area contributed by atoms with Crippen LogP contribution >= 0.6 is 0 Å². The highest BCUT2D eigenvalue weighted by molar-refractivity contribution is 5.79. The number of rotatable bonds is 3. The smallest absolute Gasteiger partial charge is 0.242 e. The van der Waals surface area contributed by atoms with Gasteiger partial charge >= 0.3 is 0 Å². The summed E-state index contributed by atoms with van der Waals surface area (Å²) >= 11 is 0. The number of hydrogen-bond donors (Lipinski definition) is 2. The van der Waals surface area contributed by atoms with Gasteiger partial charge in [0.05, 0.1) is 19.6 Å². The standard InChI is InChI=1S/C14H19N3O2.BrH/c1-11(15)16-13-4-2-3-12(9-13)10-14(18)17-5-7-19-8-6-17;/h2-4,9H,5-8,10H2,1H3,(H2,15,16);1H. The zero-order valence-electron chi connectivity index (χ0n) is 11.6. The molecule has 1 aromatic carbocycles. The number of amidine groups is 1. The van der Waals surface area contributed by atoms with Crippen molar-refractivity contribution < 1.29 is 31.5 Å². The maximum Gasteiger partial charge on any atom is 0.242 e. The molecule has 0 unspecified atom stereocenters. The second-order valence-corrected chi connectivity index (χ2v) is 4.68. The zero-order chi connectivity index (χ0) is 13.7. The summed E-state index contributed by atoms with van der Waals surface area (Å²) < 4.78 is 5.24. The van der Waals surface area contributed by atoms with Gasteiger partial charge in [-0.25, -0.2) is 4.99 Å². The lowest BCUT2D eigenvalue weighted by Crippen LogP contribution is -3.00. The van der Waals surface area contributed by atoms with Crippen LogP contribution in [-0.4, -0.2) is 42.9 Å². The molecule has 1 aliphatic heterocycles. The number of amides is 1. The van der Waals surface area contributed by atoms with E-state index in [-0.39, 0.29) is 22.9 Å². The van der Waals surface area contributed by atoms with Crippen LogP contribution in [0.4, 0.5) is 5.69 Å². The van der Waals surface area contributed by atoms with Crippen LogP contribution in [0, 0.1) is 0 Å². The Hall–Kier alpha value is -1.40. The lowest BCUT2D eigenvalue weighted by atomic mass is 10.1. The van der Waals surface area contributed by atoms with E-state index in [1.165, 1.54) is 0 Å². The van der Waals surface area contributed by atoms with Crippen molar-refractivity contribution >= 4 is 17.4 Å². The van der Waals surface area contributed by atoms with Gasteiger partial charge in [0.15, 0.2) is 0 Å². The molecule has 0 bridgehead atoms. The fourth-order valence-electron chi connectivity index (χ4n) is 2.09. The number of halogens is 1. The van der Waals surface area contributed by atoms with Gasteiger partial charge in [-0.1, -0.05) is 12.1 Å². The minimum Gasteiger partial charge on any atom is -1.00 e. The Bertz CT molecular complexity index is 481. The van der Waals surface area contributed by atoms with E-state index in [0.717, 1.165) is 11.3 Å². The van der Waals surface area contributed by atoms with E-state index in [2.05, 4.69) is 4.99 Å². The van der Waals surface area contributed by atoms with E-state index >= 15 is 0 Å². The first-order valence-corrected chi connectivity index (χ1v) is 6.45. The first-order valence-electron chi connectivity index (χ1n) is 6.45. The molecule has 0 aliphatic carbocycles. The molecular weight excluding hydrogens is 322 g/mol. The van der Waals surface area contributed by atoms with Crippen LogP contribution < -0.4 is 27.7 Å². The molecule has 1 amide bonds. The predicted octanol–water partition coefficient (Wildman–Crippen LogP) is -3.82. The predicted molar refractivity (Wildman–Crippen MR) is 73.0 cm³/mol. The van der Waals surface area contributed by atoms with Gasteiger partial charge in [-0.15, -0.1) is 0 Å². The Kier molecular flexibility index (Phi) is 6.67. The molecule has 1 fully saturated rings. The van der Waals surface area contributed by atoms with Crippen LogP contribution in [0.3, 0.4) is 0 Å². The molecule has 20 heavy (non-hydrogen) atoms. The minimum absolute atomic E-state index is 0. The normalized spacial score (nSPS) is 15.7. The fourth-order valence-corrected chi connectivity index (χ4v) is 2.09. The van der Waals surface area contributed by atoms with Crippen LogP contribution in [0.1, 0.15) is 12.5 Å². The van der Waals surface area contributed by atoms with Gasteiger partial charge in [0, 0.05) is 20.0 Å². The van der Waals surface area contributed by atoms with Crippen molar-refractivity contribution in [2.24, 2.45) is 5.73 Å². The molecule has 110 valence electrons. The maximum atomic E-state index is 12.1. The number of benzene rings is 1. The zero-order valence-corrected chi connectivity index (χ0v) is 13.1. The molecule has 1 saturated heterocycles. The van der Waals surface area contributed by atoms with Gasteiger partial charge in [-0.2, -0.15) is 0 Å². The number of nitrogens with two attached hydrogens (primary N) is 1. The number of carbonyl (C=O) groups excluding carboxylic acids is 1. The number of nitrogens with zero attached hydrogens (tertiary/aromatic N) is 1. The summed E-state index contributed by atoms with van der Waals surface area (Å²) in [4.78, 5) is 17.0. The molecule has 0 saturated carbocycles. The van der Waals surface area contributed by atoms with Crippen LogP contribution in [0.5, 0.6) is 0 Å². The third-order valence-electron chi connectivity index (χ3n) is 2.99. The van der Waals surface area contributed by atoms with Crippen molar-refractivity contribution in [1.82, 2.24) is 4.90 Å². The molecule has 0 atom stereocenters. The number of nitrogens with one attached hydrogen (secondary N) is 1. The van der Waals surface area contributed by atoms with Crippen molar-refractivity contribution in [2.45, 2.75) is 13.3 Å². The monoisotopic (exact) mass is 341 g/mol. The lowest BCUT2D eigenvalue weighted by molar-refractivity contribution is -0.355. The van der Waals surface area contributed by atoms with Crippen molar-refractivity contribution in [3.05, 3.63) is 29.8 Å². The molecule has 3 N–H and O–H groups in total. The van der Waals surface area contributed by atoms with Crippen molar-refractivity contribution in [1.29, 1.82) is 0 Å². The average molecular weight is 342 g/mol. The summed E-state index contributed by atoms with van der Waals surface area (Å²) in [5.74, 6) is 0.783. The summed E-state index contributed by atoms with van der Waals surface area (Å²) in [6, 6.07) is 7.76. The number of morpholine rings is 1. The van der Waals surface area contributed by atoms with Gasteiger partial charge in [-0.05, 0) is 17.7 Å². The van der Waals surface area contributed by atoms with Crippen LogP contribution in [0.2, 0.25) is 0 Å². The lowest BCUT2D eigenvalue weighted by Gasteiger charge is -2.26. The quantitative estimate of drug-likeness (QED) is 0.437. The molecule has 0 aromatic heterocycles. The second-order valence-electron chi connectivity index (χ2n) is 4.68. The average Bonchev–Trinajstić information content (AvgIpc) is 2.39. The number of ether oxygens (including phenoxy) is 1. The van der Waals surface area contributed by atoms with Crippen LogP contribution in [0.25, 0.3) is 0 Å². The van der Waals surface area contributed by atoms with Gasteiger partial charge < -0.3 is 26.6 Å². The molecule has 6 heteroatoms. The first-order chi connectivity index (χ1) is 9.15. The van der Waals surface area contributed by atoms with Gasteiger partial charge in [0.1, 0.15) is 5.69 Å². The molecule has 1 aliphatic rings. The van der Waals surface area contributed by atoms with Crippen LogP contribution in [-0.2, 0) is 16.0 Å². The van der Waals surface area contributed by atoms with E-state index < -0.39 is 0 Å². The van der Waals surface area contributed by atoms with E-state index in [1.54, 1.807) is 6.92 Å². The largest absolute Gasteiger partial charge is 1.00 e. The third-order valence-corrected chi connectivity index (χ3v) is 2.99. The van der Waals surface area contributed by atoms with Crippen molar-refractivity contribution in [3.63, 3.8) is 0 Å². The van der Waals surface area contributed by atoms with Crippen molar-refractivity contribution in [3.8, 4) is 0 Å². The molecule has 0 radical (unpaired) electrons. The van der Waals surface area contributed by atoms with Crippen LogP contribution in [0.15, 0.2) is 24.3 Å². The Balaban J connectivity index is 0.00000200. The van der Waals surface area contributed by atoms with Gasteiger partial charge in [0.2, 0.25) is 11.7 Å². The Morgan fingerprint density at radius 1 is 1.40 bits per heavy atom. The van der Waals surface area contributed by atoms with E-state index in [9.17, 15) is 4.79 Å². The molecular formula is C14H20BrN3O2. The number of hydrogen-bond acceptors (Lipinski definition) is 2. The maximum absolute atomic E-state index is 12.1. The highest BCUT2D eigenvalue weighted by Gasteiger charge is 2.17. The highest BCUT2D eigenvalue weighted by atomic mass is 79.9. The molecule has 1 aromatic rings. The first kappa shape index (κ1) is 16.7. The SMILES string of the molecule is CC(N)=[NH+]c1cccc(CC(=O)N2CCOCC2)c1.[Br-]. The van der Waals surface area contributed by atoms with E-state index in [1.807, 2.05) is 29.2 Å². The van der Waals surface area contributed by atoms with Gasteiger partial charge in [-0.3, -0.25) is 10.5 Å². The fraction of sp³-hybridized carbons (Fsp3) is 0.429. The Labute approximate surface area is 129 Å². The molecule has 5 nitrogen and oxygen atoms in total. The third kappa shape index (κ3) is 4.94. The summed E-state index contributed by atoms with van der Waals surface area (Å²) in [7, 11) is 0. The summed E-state index contributed by atoms with van der Waals surface area (Å²) in [6.07, 6.45) is 0.416. The molecule has 2 rings (SSSR count). The summed E-state index contributed by atoms with van der Waals surface area (Å²) in [5, 5.41) is 0.